The van der Waals surface area contributed by atoms with Gasteiger partial charge in [-0.15, -0.1) is 0 Å². The molecule has 12 N–H and O–H groups in total. The van der Waals surface area contributed by atoms with Crippen LogP contribution in [0.1, 0.15) is 120 Å². The summed E-state index contributed by atoms with van der Waals surface area (Å²) in [5, 5.41) is 130. The summed E-state index contributed by atoms with van der Waals surface area (Å²) in [4.78, 5) is 0. The van der Waals surface area contributed by atoms with E-state index in [0.717, 1.165) is 50.5 Å². The zero-order valence-electron chi connectivity index (χ0n) is 43.4. The molecule has 4 saturated carbocycles. The van der Waals surface area contributed by atoms with Crippen LogP contribution in [0, 0.1) is 45.3 Å². The highest BCUT2D eigenvalue weighted by Crippen LogP contribution is 2.76. The van der Waals surface area contributed by atoms with Crippen LogP contribution < -0.4 is 0 Å². The Hall–Kier alpha value is -1.06. The van der Waals surface area contributed by atoms with Crippen molar-refractivity contribution < 1.29 is 99.2 Å². The highest BCUT2D eigenvalue weighted by molar-refractivity contribution is 5.19. The number of aliphatic hydroxyl groups is 12. The van der Waals surface area contributed by atoms with E-state index in [-0.39, 0.29) is 53.8 Å². The van der Waals surface area contributed by atoms with Crippen molar-refractivity contribution in [2.45, 2.75) is 242 Å². The SMILES string of the molecule is CC(C)=CCC[C@@](O)(CO[C@@H]1O[C@H](CO)[C@@H](O)[C@H](O)[C@H]1O)[C@H]1CC[C@]2(C)[C@@H]1CC[C@@H]1[C@@]3(C)CC[C@H](O[C@@H]4OC[C@H](O)[C@H](O[C@@H]5OC[C@@H](O)[C@H](O)[C@H]5O)[C@H]4O[C@@H]4O[C@@H](C)[C@H](O)[C@@H](O)[C@H]4O)C(C)(C)[C@@H]3CC[C@]12C. The molecule has 0 amide bonds. The summed E-state index contributed by atoms with van der Waals surface area (Å²) >= 11 is 0. The van der Waals surface area contributed by atoms with Crippen molar-refractivity contribution in [2.75, 3.05) is 26.4 Å². The predicted molar refractivity (Wildman–Crippen MR) is 253 cm³/mol. The summed E-state index contributed by atoms with van der Waals surface area (Å²) < 4.78 is 49.0. The Bertz CT molecular complexity index is 1850. The first-order valence-electron chi connectivity index (χ1n) is 26.6. The van der Waals surface area contributed by atoms with E-state index in [2.05, 4.69) is 40.7 Å². The first-order chi connectivity index (χ1) is 33.7. The van der Waals surface area contributed by atoms with Gasteiger partial charge < -0.3 is 99.2 Å². The molecule has 8 fully saturated rings. The van der Waals surface area contributed by atoms with Gasteiger partial charge in [0.25, 0.3) is 0 Å². The monoisotopic (exact) mass is 1030 g/mol. The summed E-state index contributed by atoms with van der Waals surface area (Å²) in [5.41, 5.74) is -1.00. The molecule has 0 aromatic heterocycles. The molecule has 4 heterocycles. The lowest BCUT2D eigenvalue weighted by Crippen LogP contribution is -2.66. The van der Waals surface area contributed by atoms with Gasteiger partial charge in [0.05, 0.1) is 44.2 Å². The maximum atomic E-state index is 12.9. The van der Waals surface area contributed by atoms with Crippen molar-refractivity contribution in [1.29, 1.82) is 0 Å². The molecular weight excluding hydrogens is 945 g/mol. The van der Waals surface area contributed by atoms with Crippen LogP contribution in [0.25, 0.3) is 0 Å². The predicted octanol–water partition coefficient (Wildman–Crippen LogP) is 0.105. The Morgan fingerprint density at radius 2 is 1.24 bits per heavy atom. The third-order valence-corrected chi connectivity index (χ3v) is 20.0. The maximum Gasteiger partial charge on any atom is 0.187 e. The van der Waals surface area contributed by atoms with Gasteiger partial charge in [0.1, 0.15) is 79.4 Å². The van der Waals surface area contributed by atoms with E-state index < -0.39 is 134 Å². The molecule has 27 atom stereocenters. The first-order valence-corrected chi connectivity index (χ1v) is 26.6. The molecule has 4 saturated heterocycles. The lowest BCUT2D eigenvalue weighted by atomic mass is 9.35. The quantitative estimate of drug-likeness (QED) is 0.0811. The zero-order chi connectivity index (χ0) is 52.6. The fraction of sp³-hybridized carbons (Fsp3) is 0.962. The molecule has 8 aliphatic rings. The average molecular weight is 1030 g/mol. The number of fused-ring (bicyclic) bond motifs is 5. The van der Waals surface area contributed by atoms with Crippen LogP contribution >= 0.6 is 0 Å². The minimum atomic E-state index is -1.72. The van der Waals surface area contributed by atoms with Crippen LogP contribution in [0.2, 0.25) is 0 Å². The molecule has 0 spiro atoms. The molecule has 4 aliphatic carbocycles. The topological polar surface area (TPSA) is 317 Å². The molecule has 0 radical (unpaired) electrons. The summed E-state index contributed by atoms with van der Waals surface area (Å²) in [6.07, 6.45) is -16.5. The molecule has 0 aromatic carbocycles. The van der Waals surface area contributed by atoms with E-state index in [9.17, 15) is 61.3 Å². The second kappa shape index (κ2) is 21.6. The Morgan fingerprint density at radius 1 is 0.611 bits per heavy atom. The van der Waals surface area contributed by atoms with E-state index >= 15 is 0 Å². The standard InChI is InChI=1S/C52H88O20/c1-24(2)10-9-16-52(64,23-67-45-40(62)38(60)36(58)30(20-53)69-45)27-13-18-50(7)26(27)11-12-32-49(6)17-15-33(48(4,5)31(49)14-19-51(32,50)8)70-47-43(72-46-41(63)37(59)34(56)25(3)68-46)42(29(55)22-66-47)71-44-39(61)35(57)28(54)21-65-44/h10,25-47,53-64H,9,11-23H2,1-8H3/t25-,26+,27-,28+,29-,30+,31-,32+,33-,34-,35-,36+,37+,38-,39+,40+,41+,42-,43+,44-,45+,46-,47-,49-,50+,51+,52+/m0/s1. The minimum absolute atomic E-state index is 0.101. The molecule has 20 heteroatoms. The minimum Gasteiger partial charge on any atom is -0.394 e. The van der Waals surface area contributed by atoms with Gasteiger partial charge in [-0.3, -0.25) is 0 Å². The van der Waals surface area contributed by atoms with E-state index in [4.69, 9.17) is 37.9 Å². The lowest BCUT2D eigenvalue weighted by molar-refractivity contribution is -0.383. The van der Waals surface area contributed by atoms with Crippen molar-refractivity contribution in [3.05, 3.63) is 11.6 Å². The van der Waals surface area contributed by atoms with Crippen molar-refractivity contribution in [3.8, 4) is 0 Å². The van der Waals surface area contributed by atoms with E-state index in [1.54, 1.807) is 0 Å². The second-order valence-corrected chi connectivity index (χ2v) is 24.6. The number of hydrogen-bond donors (Lipinski definition) is 12. The van der Waals surface area contributed by atoms with Crippen molar-refractivity contribution in [3.63, 3.8) is 0 Å². The van der Waals surface area contributed by atoms with Gasteiger partial charge in [0.15, 0.2) is 25.2 Å². The van der Waals surface area contributed by atoms with Gasteiger partial charge in [0, 0.05) is 0 Å². The molecule has 0 aromatic rings. The van der Waals surface area contributed by atoms with Gasteiger partial charge in [-0.05, 0) is 130 Å². The van der Waals surface area contributed by atoms with Gasteiger partial charge in [0.2, 0.25) is 0 Å². The van der Waals surface area contributed by atoms with Crippen LogP contribution in [0.4, 0.5) is 0 Å². The Labute approximate surface area is 423 Å². The maximum absolute atomic E-state index is 12.9. The molecule has 8 rings (SSSR count). The van der Waals surface area contributed by atoms with Crippen LogP contribution in [-0.4, -0.2) is 210 Å². The Balaban J connectivity index is 1.01. The summed E-state index contributed by atoms with van der Waals surface area (Å²) in [5.74, 6) is 0.528. The largest absolute Gasteiger partial charge is 0.394 e. The summed E-state index contributed by atoms with van der Waals surface area (Å²) in [6.45, 7) is 15.9. The zero-order valence-corrected chi connectivity index (χ0v) is 43.4. The Morgan fingerprint density at radius 3 is 1.93 bits per heavy atom. The molecule has 0 bridgehead atoms. The lowest BCUT2D eigenvalue weighted by Gasteiger charge is -2.70. The van der Waals surface area contributed by atoms with Crippen LogP contribution in [0.15, 0.2) is 11.6 Å². The molecule has 0 unspecified atom stereocenters. The van der Waals surface area contributed by atoms with Crippen molar-refractivity contribution in [1.82, 2.24) is 0 Å². The highest BCUT2D eigenvalue weighted by Gasteiger charge is 2.70. The molecule has 72 heavy (non-hydrogen) atoms. The summed E-state index contributed by atoms with van der Waals surface area (Å²) in [6, 6.07) is 0. The number of rotatable bonds is 14. The average Bonchev–Trinajstić information content (AvgIpc) is 3.70. The number of aliphatic hydroxyl groups excluding tert-OH is 11. The normalized spacial score (nSPS) is 52.4. The Kier molecular flexibility index (Phi) is 17.2. The first kappa shape index (κ1) is 57.1. The fourth-order valence-corrected chi connectivity index (χ4v) is 15.7. The van der Waals surface area contributed by atoms with Gasteiger partial charge >= 0.3 is 0 Å². The van der Waals surface area contributed by atoms with Crippen LogP contribution in [0.3, 0.4) is 0 Å². The van der Waals surface area contributed by atoms with Crippen LogP contribution in [-0.2, 0) is 37.9 Å². The molecule has 416 valence electrons. The van der Waals surface area contributed by atoms with E-state index in [1.165, 1.54) is 6.92 Å². The molecule has 20 nitrogen and oxygen atoms in total. The third-order valence-electron chi connectivity index (χ3n) is 20.0. The van der Waals surface area contributed by atoms with Gasteiger partial charge in [-0.2, -0.15) is 0 Å². The number of ether oxygens (including phenoxy) is 8. The van der Waals surface area contributed by atoms with Crippen molar-refractivity contribution >= 4 is 0 Å². The smallest absolute Gasteiger partial charge is 0.187 e. The van der Waals surface area contributed by atoms with E-state index in [1.807, 2.05) is 13.8 Å². The fourth-order valence-electron chi connectivity index (χ4n) is 15.7. The van der Waals surface area contributed by atoms with E-state index in [0.29, 0.717) is 25.2 Å². The second-order valence-electron chi connectivity index (χ2n) is 24.6. The third kappa shape index (κ3) is 10.1. The van der Waals surface area contributed by atoms with Gasteiger partial charge in [-0.1, -0.05) is 46.3 Å². The summed E-state index contributed by atoms with van der Waals surface area (Å²) in [7, 11) is 0. The molecular formula is C52H88O20. The number of allylic oxidation sites excluding steroid dienone is 2. The highest BCUT2D eigenvalue weighted by atomic mass is 16.8. The van der Waals surface area contributed by atoms with Crippen molar-refractivity contribution in [2.24, 2.45) is 45.3 Å². The number of hydrogen-bond acceptors (Lipinski definition) is 20. The van der Waals surface area contributed by atoms with Gasteiger partial charge in [-0.25, -0.2) is 0 Å². The molecule has 4 aliphatic heterocycles. The van der Waals surface area contributed by atoms with Crippen LogP contribution in [0.5, 0.6) is 0 Å².